The summed E-state index contributed by atoms with van der Waals surface area (Å²) in [5.41, 5.74) is -0.286. The topological polar surface area (TPSA) is 132 Å². The van der Waals surface area contributed by atoms with E-state index in [1.165, 1.54) is 24.5 Å². The van der Waals surface area contributed by atoms with Gasteiger partial charge in [-0.3, -0.25) is 4.79 Å². The molecule has 0 aliphatic carbocycles. The summed E-state index contributed by atoms with van der Waals surface area (Å²) >= 11 is 0. The number of fused-ring (bicyclic) bond motifs is 2. The number of piperidine rings is 1. The maximum absolute atomic E-state index is 14.4. The Labute approximate surface area is 325 Å². The van der Waals surface area contributed by atoms with Crippen LogP contribution in [0.5, 0.6) is 11.5 Å². The normalized spacial score (nSPS) is 24.6. The highest BCUT2D eigenvalue weighted by molar-refractivity contribution is 7.86. The van der Waals surface area contributed by atoms with Crippen LogP contribution in [0.3, 0.4) is 0 Å². The van der Waals surface area contributed by atoms with E-state index in [9.17, 15) is 22.4 Å². The number of amides is 2. The third kappa shape index (κ3) is 8.14. The van der Waals surface area contributed by atoms with Crippen molar-refractivity contribution in [3.05, 3.63) is 42.1 Å². The number of carbonyl (C=O) groups is 2. The molecule has 1 aromatic heterocycles. The van der Waals surface area contributed by atoms with E-state index in [0.29, 0.717) is 44.2 Å². The maximum atomic E-state index is 14.4. The fourth-order valence-electron chi connectivity index (χ4n) is 9.27. The van der Waals surface area contributed by atoms with E-state index in [0.717, 1.165) is 52.0 Å². The summed E-state index contributed by atoms with van der Waals surface area (Å²) in [4.78, 5) is 43.1. The van der Waals surface area contributed by atoms with Crippen molar-refractivity contribution in [1.29, 1.82) is 0 Å². The van der Waals surface area contributed by atoms with Crippen LogP contribution in [0, 0.1) is 17.2 Å². The Morgan fingerprint density at radius 3 is 2.35 bits per heavy atom. The standard InChI is InChI=1S/C39H57FN8O6S/c1-26(2)48(27(3)4)36(49)32-16-29(40)8-9-33(32)53-34-18-41-25-42-35(34)44-23-39(24-44)11-14-43(15-12-39)19-28-10-13-45(20-28)55(51,52)47-22-30-17-31(47)21-46(30)37(50)54-38(5,6)7/h8-9,16,18,25-28,30-31H,10-15,17,19-24H2,1-7H3/t28-,30+,31+/m0/s1. The number of benzene rings is 1. The molecule has 0 saturated carbocycles. The van der Waals surface area contributed by atoms with E-state index in [1.807, 2.05) is 48.5 Å². The molecular weight excluding hydrogens is 728 g/mol. The molecule has 1 spiro atoms. The van der Waals surface area contributed by atoms with Crippen molar-refractivity contribution in [3.63, 3.8) is 0 Å². The van der Waals surface area contributed by atoms with Gasteiger partial charge in [0.2, 0.25) is 0 Å². The average Bonchev–Trinajstić information content (AvgIpc) is 3.85. The van der Waals surface area contributed by atoms with E-state index < -0.39 is 21.6 Å². The van der Waals surface area contributed by atoms with Gasteiger partial charge in [0.1, 0.15) is 23.5 Å². The molecule has 2 amide bonds. The van der Waals surface area contributed by atoms with Gasteiger partial charge < -0.3 is 29.1 Å². The first-order valence-electron chi connectivity index (χ1n) is 19.8. The Bertz CT molecular complexity index is 1850. The monoisotopic (exact) mass is 784 g/mol. The molecule has 16 heteroatoms. The first kappa shape index (κ1) is 39.6. The largest absolute Gasteiger partial charge is 0.451 e. The summed E-state index contributed by atoms with van der Waals surface area (Å²) < 4.78 is 57.1. The van der Waals surface area contributed by atoms with Crippen LogP contribution in [0.1, 0.15) is 84.5 Å². The van der Waals surface area contributed by atoms with E-state index in [2.05, 4.69) is 19.8 Å². The Morgan fingerprint density at radius 2 is 1.71 bits per heavy atom. The van der Waals surface area contributed by atoms with Crippen molar-refractivity contribution in [3.8, 4) is 11.5 Å². The second-order valence-corrected chi connectivity index (χ2v) is 19.7. The van der Waals surface area contributed by atoms with Crippen LogP contribution in [0.25, 0.3) is 0 Å². The van der Waals surface area contributed by atoms with Crippen molar-refractivity contribution in [2.45, 2.75) is 104 Å². The molecule has 7 rings (SSSR count). The third-order valence-corrected chi connectivity index (χ3v) is 13.9. The summed E-state index contributed by atoms with van der Waals surface area (Å²) in [5.74, 6) is 0.781. The summed E-state index contributed by atoms with van der Waals surface area (Å²) in [6.07, 6.45) is 6.26. The Balaban J connectivity index is 0.905. The summed E-state index contributed by atoms with van der Waals surface area (Å²) in [7, 11) is -3.61. The molecule has 2 bridgehead atoms. The third-order valence-electron chi connectivity index (χ3n) is 11.9. The molecule has 14 nitrogen and oxygen atoms in total. The SMILES string of the molecule is CC(C)N(C(=O)c1cc(F)ccc1Oc1cncnc1N1CC2(CCN(C[C@@H]3CCN(S(=O)(=O)N4C[C@H]5C[C@@H]4CN5C(=O)OC(C)(C)C)C3)CC2)C1)C(C)C. The van der Waals surface area contributed by atoms with Crippen LogP contribution in [0.2, 0.25) is 0 Å². The number of hydrogen-bond donors (Lipinski definition) is 0. The smallest absolute Gasteiger partial charge is 0.410 e. The van der Waals surface area contributed by atoms with E-state index >= 15 is 0 Å². The van der Waals surface area contributed by atoms with Crippen LogP contribution < -0.4 is 9.64 Å². The lowest BCUT2D eigenvalue weighted by atomic mass is 9.72. The van der Waals surface area contributed by atoms with Crippen molar-refractivity contribution in [2.75, 3.05) is 63.8 Å². The molecule has 0 radical (unpaired) electrons. The molecule has 5 fully saturated rings. The van der Waals surface area contributed by atoms with Crippen LogP contribution >= 0.6 is 0 Å². The Hall–Kier alpha value is -3.60. The number of rotatable bonds is 10. The number of likely N-dealkylation sites (tertiary alicyclic amines) is 2. The van der Waals surface area contributed by atoms with E-state index in [1.54, 1.807) is 24.6 Å². The van der Waals surface area contributed by atoms with Gasteiger partial charge in [0.25, 0.3) is 16.1 Å². The van der Waals surface area contributed by atoms with Crippen molar-refractivity contribution >= 4 is 28.0 Å². The van der Waals surface area contributed by atoms with Crippen LogP contribution in [0.15, 0.2) is 30.7 Å². The lowest BCUT2D eigenvalue weighted by molar-refractivity contribution is 0.0170. The van der Waals surface area contributed by atoms with Crippen LogP contribution in [-0.2, 0) is 14.9 Å². The number of ether oxygens (including phenoxy) is 2. The molecule has 2 aromatic rings. The maximum Gasteiger partial charge on any atom is 0.410 e. The van der Waals surface area contributed by atoms with Gasteiger partial charge in [-0.25, -0.2) is 19.2 Å². The molecule has 0 unspecified atom stereocenters. The van der Waals surface area contributed by atoms with Gasteiger partial charge in [-0.05, 0) is 111 Å². The van der Waals surface area contributed by atoms with Gasteiger partial charge in [-0.2, -0.15) is 17.0 Å². The minimum absolute atomic E-state index is 0.0798. The van der Waals surface area contributed by atoms with Gasteiger partial charge in [0.05, 0.1) is 17.8 Å². The summed E-state index contributed by atoms with van der Waals surface area (Å²) in [5, 5.41) is 0. The highest BCUT2D eigenvalue weighted by Gasteiger charge is 2.53. The van der Waals surface area contributed by atoms with Crippen molar-refractivity contribution < 1.29 is 31.9 Å². The fraction of sp³-hybridized carbons (Fsp3) is 0.692. The number of carbonyl (C=O) groups excluding carboxylic acids is 2. The number of aromatic nitrogens is 2. The number of anilines is 1. The summed E-state index contributed by atoms with van der Waals surface area (Å²) in [6.45, 7) is 19.4. The molecule has 5 aliphatic heterocycles. The predicted octanol–water partition coefficient (Wildman–Crippen LogP) is 4.83. The quantitative estimate of drug-likeness (QED) is 0.330. The van der Waals surface area contributed by atoms with Crippen molar-refractivity contribution in [2.24, 2.45) is 11.3 Å². The van der Waals surface area contributed by atoms with Crippen LogP contribution in [0.4, 0.5) is 15.0 Å². The Kier molecular flexibility index (Phi) is 10.8. The van der Waals surface area contributed by atoms with Gasteiger partial charge >= 0.3 is 6.09 Å². The molecule has 0 N–H and O–H groups in total. The lowest BCUT2D eigenvalue weighted by Gasteiger charge is -2.54. The highest BCUT2D eigenvalue weighted by Crippen LogP contribution is 2.45. The van der Waals surface area contributed by atoms with Crippen molar-refractivity contribution in [1.82, 2.24) is 33.3 Å². The zero-order valence-electron chi connectivity index (χ0n) is 33.3. The molecular formula is C39H57FN8O6S. The Morgan fingerprint density at radius 1 is 1.00 bits per heavy atom. The van der Waals surface area contributed by atoms with E-state index in [4.69, 9.17) is 9.47 Å². The number of halogens is 1. The molecule has 302 valence electrons. The fourth-order valence-corrected chi connectivity index (χ4v) is 11.2. The van der Waals surface area contributed by atoms with Gasteiger partial charge in [0, 0.05) is 69.4 Å². The average molecular weight is 785 g/mol. The number of hydrogen-bond acceptors (Lipinski definition) is 10. The number of nitrogens with zero attached hydrogens (tertiary/aromatic N) is 8. The molecule has 5 saturated heterocycles. The summed E-state index contributed by atoms with van der Waals surface area (Å²) in [6, 6.07) is 3.50. The predicted molar refractivity (Wildman–Crippen MR) is 206 cm³/mol. The minimum Gasteiger partial charge on any atom is -0.451 e. The zero-order valence-corrected chi connectivity index (χ0v) is 34.1. The second kappa shape index (κ2) is 15.1. The lowest BCUT2D eigenvalue weighted by Crippen LogP contribution is -2.61. The highest BCUT2D eigenvalue weighted by atomic mass is 32.2. The molecule has 1 aromatic carbocycles. The van der Waals surface area contributed by atoms with Gasteiger partial charge in [0.15, 0.2) is 11.6 Å². The van der Waals surface area contributed by atoms with Gasteiger partial charge in [-0.1, -0.05) is 0 Å². The van der Waals surface area contributed by atoms with E-state index in [-0.39, 0.29) is 58.8 Å². The molecule has 6 heterocycles. The van der Waals surface area contributed by atoms with Gasteiger partial charge in [-0.15, -0.1) is 0 Å². The first-order valence-corrected chi connectivity index (χ1v) is 21.2. The first-order chi connectivity index (χ1) is 25.9. The molecule has 5 aliphatic rings. The van der Waals surface area contributed by atoms with Crippen LogP contribution in [-0.4, -0.2) is 142 Å². The second-order valence-electron chi connectivity index (χ2n) is 17.8. The zero-order chi connectivity index (χ0) is 39.4. The molecule has 3 atom stereocenters. The molecule has 55 heavy (non-hydrogen) atoms. The minimum atomic E-state index is -3.61. The number of piperazine rings is 1.